The summed E-state index contributed by atoms with van der Waals surface area (Å²) in [4.78, 5) is 59.8. The fourth-order valence-electron chi connectivity index (χ4n) is 9.13. The van der Waals surface area contributed by atoms with Crippen molar-refractivity contribution >= 4 is 62.5 Å². The molecular formula is C37H32ClF3N4O6S. The van der Waals surface area contributed by atoms with Gasteiger partial charge >= 0.3 is 6.36 Å². The number of hydrogen-bond donors (Lipinski definition) is 1. The van der Waals surface area contributed by atoms with E-state index in [9.17, 15) is 37.5 Å². The lowest BCUT2D eigenvalue weighted by Gasteiger charge is -2.49. The standard InChI is InChI=1S/C37H32ClF3N4O6S/c1-5-44-32(47)20-9-8-19-22(29(20)34(44)49)14-24-33(48)45(28-15-25(42-43(28)4)31-16(2)21-12-17(38)6-11-27(21)52-31)35(50)36(24,3)30(19)23-13-18(7-10-26(23)46)51-37(39,40)41/h6-8,10-13,15,20,22,24,29-30,46H,5,9,14H2,1-4H3. The van der Waals surface area contributed by atoms with Gasteiger partial charge in [0.05, 0.1) is 28.0 Å². The van der Waals surface area contributed by atoms with Gasteiger partial charge in [0, 0.05) is 40.9 Å². The number of phenols is 1. The fraction of sp³-hybridized carbons (Fsp3) is 0.378. The molecule has 6 atom stereocenters. The molecule has 0 bridgehead atoms. The second-order valence-corrected chi connectivity index (χ2v) is 15.5. The number of phenolic OH excluding ortho intramolecular Hbond substituents is 1. The summed E-state index contributed by atoms with van der Waals surface area (Å²) in [5.74, 6) is -7.17. The monoisotopic (exact) mass is 752 g/mol. The summed E-state index contributed by atoms with van der Waals surface area (Å²) in [6.45, 7) is 5.38. The molecule has 15 heteroatoms. The molecule has 52 heavy (non-hydrogen) atoms. The summed E-state index contributed by atoms with van der Waals surface area (Å²) in [6, 6.07) is 10.3. The number of aryl methyl sites for hydroxylation is 2. The molecule has 8 rings (SSSR count). The van der Waals surface area contributed by atoms with Crippen LogP contribution in [0.1, 0.15) is 43.7 Å². The zero-order valence-corrected chi connectivity index (χ0v) is 29.9. The van der Waals surface area contributed by atoms with Crippen LogP contribution in [-0.2, 0) is 26.2 Å². The molecule has 6 unspecified atom stereocenters. The number of ether oxygens (including phenoxy) is 1. The number of fused-ring (bicyclic) bond motifs is 5. The summed E-state index contributed by atoms with van der Waals surface area (Å²) in [6.07, 6.45) is -3.08. The van der Waals surface area contributed by atoms with E-state index in [0.717, 1.165) is 43.6 Å². The number of nitrogens with zero attached hydrogens (tertiary/aromatic N) is 4. The van der Waals surface area contributed by atoms with E-state index in [1.165, 1.54) is 20.9 Å². The van der Waals surface area contributed by atoms with Crippen LogP contribution in [0.15, 0.2) is 54.1 Å². The smallest absolute Gasteiger partial charge is 0.508 e. The molecule has 2 aliphatic carbocycles. The SMILES string of the molecule is CCN1C(=O)C2CC=C3C(CC4C(=O)N(c5cc(-c6sc7ccc(Cl)cc7c6C)nn5C)C(=O)C4(C)C3c3cc(OC(F)(F)F)ccc3O)C2C1=O. The number of aromatic hydroxyl groups is 1. The second-order valence-electron chi connectivity index (χ2n) is 14.1. The first-order chi connectivity index (χ1) is 24.5. The maximum absolute atomic E-state index is 14.9. The third-order valence-corrected chi connectivity index (χ3v) is 13.0. The van der Waals surface area contributed by atoms with Crippen LogP contribution in [-0.4, -0.2) is 56.3 Å². The Bertz CT molecular complexity index is 2280. The summed E-state index contributed by atoms with van der Waals surface area (Å²) in [5.41, 5.74) is 0.289. The van der Waals surface area contributed by atoms with Crippen LogP contribution in [0.2, 0.25) is 5.02 Å². The van der Waals surface area contributed by atoms with Gasteiger partial charge < -0.3 is 9.84 Å². The Balaban J connectivity index is 1.27. The number of amides is 4. The van der Waals surface area contributed by atoms with Gasteiger partial charge in [0.15, 0.2) is 0 Å². The highest BCUT2D eigenvalue weighted by atomic mass is 35.5. The van der Waals surface area contributed by atoms with Crippen LogP contribution in [0.3, 0.4) is 0 Å². The topological polar surface area (TPSA) is 122 Å². The number of alkyl halides is 3. The number of carbonyl (C=O) groups is 4. The minimum Gasteiger partial charge on any atom is -0.508 e. The Morgan fingerprint density at radius 1 is 1.06 bits per heavy atom. The summed E-state index contributed by atoms with van der Waals surface area (Å²) in [7, 11) is 1.61. The highest BCUT2D eigenvalue weighted by Crippen LogP contribution is 2.64. The van der Waals surface area contributed by atoms with E-state index < -0.39 is 70.6 Å². The molecule has 2 aliphatic heterocycles. The quantitative estimate of drug-likeness (QED) is 0.170. The number of thiophene rings is 1. The predicted octanol–water partition coefficient (Wildman–Crippen LogP) is 7.12. The molecule has 0 spiro atoms. The molecule has 3 fully saturated rings. The minimum absolute atomic E-state index is 0.0397. The molecule has 4 amide bonds. The van der Waals surface area contributed by atoms with Gasteiger partial charge in [0.2, 0.25) is 23.6 Å². The normalized spacial score (nSPS) is 27.3. The highest BCUT2D eigenvalue weighted by Gasteiger charge is 2.68. The molecule has 1 saturated carbocycles. The first-order valence-electron chi connectivity index (χ1n) is 16.8. The zero-order valence-electron chi connectivity index (χ0n) is 28.3. The number of hydrogen-bond acceptors (Lipinski definition) is 8. The van der Waals surface area contributed by atoms with Gasteiger partial charge in [-0.15, -0.1) is 24.5 Å². The lowest BCUT2D eigenvalue weighted by Crippen LogP contribution is -2.49. The number of halogens is 4. The van der Waals surface area contributed by atoms with Crippen molar-refractivity contribution < 1.29 is 42.2 Å². The molecule has 10 nitrogen and oxygen atoms in total. The number of aromatic nitrogens is 2. The van der Waals surface area contributed by atoms with Crippen molar-refractivity contribution in [2.45, 2.75) is 45.9 Å². The van der Waals surface area contributed by atoms with Gasteiger partial charge in [0.25, 0.3) is 0 Å². The number of anilines is 1. The molecule has 2 aromatic heterocycles. The number of imide groups is 2. The van der Waals surface area contributed by atoms with E-state index in [-0.39, 0.29) is 36.7 Å². The van der Waals surface area contributed by atoms with E-state index in [1.54, 1.807) is 39.1 Å². The Kier molecular flexibility index (Phi) is 7.71. The largest absolute Gasteiger partial charge is 0.573 e. The second kappa shape index (κ2) is 11.7. The summed E-state index contributed by atoms with van der Waals surface area (Å²) in [5, 5.41) is 17.5. The number of carbonyl (C=O) groups excluding carboxylic acids is 4. The van der Waals surface area contributed by atoms with Gasteiger partial charge in [-0.3, -0.25) is 28.8 Å². The Labute approximate surface area is 304 Å². The van der Waals surface area contributed by atoms with Crippen LogP contribution in [0.25, 0.3) is 20.7 Å². The third kappa shape index (κ3) is 4.86. The van der Waals surface area contributed by atoms with E-state index in [2.05, 4.69) is 9.84 Å². The maximum atomic E-state index is 14.9. The van der Waals surface area contributed by atoms with Crippen LogP contribution in [0, 0.1) is 36.0 Å². The van der Waals surface area contributed by atoms with Crippen LogP contribution in [0.4, 0.5) is 19.0 Å². The van der Waals surface area contributed by atoms with E-state index in [1.807, 2.05) is 19.1 Å². The molecular weight excluding hydrogens is 721 g/mol. The van der Waals surface area contributed by atoms with Gasteiger partial charge in [-0.25, -0.2) is 4.90 Å². The number of rotatable bonds is 5. The van der Waals surface area contributed by atoms with Crippen molar-refractivity contribution in [1.82, 2.24) is 14.7 Å². The van der Waals surface area contributed by atoms with Crippen molar-refractivity contribution in [3.8, 4) is 22.1 Å². The molecule has 1 N–H and O–H groups in total. The van der Waals surface area contributed by atoms with Gasteiger partial charge in [-0.1, -0.05) is 23.3 Å². The third-order valence-electron chi connectivity index (χ3n) is 11.4. The number of allylic oxidation sites excluding steroid dienone is 2. The van der Waals surface area contributed by atoms with Crippen molar-refractivity contribution in [1.29, 1.82) is 0 Å². The first kappa shape index (κ1) is 34.4. The zero-order chi connectivity index (χ0) is 37.2. The van der Waals surface area contributed by atoms with Gasteiger partial charge in [-0.2, -0.15) is 5.10 Å². The number of likely N-dealkylation sites (tertiary alicyclic amines) is 1. The van der Waals surface area contributed by atoms with Crippen molar-refractivity contribution in [3.05, 3.63) is 70.3 Å². The van der Waals surface area contributed by atoms with E-state index in [4.69, 9.17) is 11.6 Å². The summed E-state index contributed by atoms with van der Waals surface area (Å²) < 4.78 is 46.8. The maximum Gasteiger partial charge on any atom is 0.573 e. The molecule has 270 valence electrons. The fourth-order valence-corrected chi connectivity index (χ4v) is 10.4. The predicted molar refractivity (Wildman–Crippen MR) is 186 cm³/mol. The Morgan fingerprint density at radius 2 is 1.81 bits per heavy atom. The van der Waals surface area contributed by atoms with E-state index in [0.29, 0.717) is 16.3 Å². The van der Waals surface area contributed by atoms with Crippen molar-refractivity contribution in [2.75, 3.05) is 11.4 Å². The lowest BCUT2D eigenvalue weighted by molar-refractivity contribution is -0.274. The van der Waals surface area contributed by atoms with Gasteiger partial charge in [0.1, 0.15) is 23.0 Å². The van der Waals surface area contributed by atoms with E-state index >= 15 is 0 Å². The molecule has 4 aromatic rings. The molecule has 2 saturated heterocycles. The van der Waals surface area contributed by atoms with Crippen molar-refractivity contribution in [2.24, 2.45) is 36.1 Å². The first-order valence-corrected chi connectivity index (χ1v) is 18.0. The molecule has 0 radical (unpaired) electrons. The van der Waals surface area contributed by atoms with Crippen LogP contribution >= 0.6 is 22.9 Å². The van der Waals surface area contributed by atoms with Crippen LogP contribution in [0.5, 0.6) is 11.5 Å². The Hall–Kier alpha value is -4.69. The minimum atomic E-state index is -5.04. The van der Waals surface area contributed by atoms with Crippen molar-refractivity contribution in [3.63, 3.8) is 0 Å². The lowest BCUT2D eigenvalue weighted by atomic mass is 9.51. The molecule has 4 heterocycles. The Morgan fingerprint density at radius 3 is 2.52 bits per heavy atom. The number of benzene rings is 2. The van der Waals surface area contributed by atoms with Crippen LogP contribution < -0.4 is 9.64 Å². The highest BCUT2D eigenvalue weighted by molar-refractivity contribution is 7.22. The van der Waals surface area contributed by atoms with Gasteiger partial charge in [-0.05, 0) is 86.9 Å². The summed E-state index contributed by atoms with van der Waals surface area (Å²) >= 11 is 7.75. The average molecular weight is 753 g/mol. The molecule has 2 aromatic carbocycles. The molecule has 4 aliphatic rings. The average Bonchev–Trinajstić information content (AvgIpc) is 3.75.